The molecule has 0 aromatic heterocycles. The van der Waals surface area contributed by atoms with Crippen molar-refractivity contribution >= 4 is 5.69 Å². The summed E-state index contributed by atoms with van der Waals surface area (Å²) in [5.74, 6) is 1.94. The maximum absolute atomic E-state index is 6.11. The molecule has 106 valence electrons. The average molecular weight is 270 g/mol. The second-order valence-corrected chi connectivity index (χ2v) is 6.97. The van der Waals surface area contributed by atoms with E-state index in [0.717, 1.165) is 11.7 Å². The van der Waals surface area contributed by atoms with E-state index in [1.54, 1.807) is 0 Å². The van der Waals surface area contributed by atoms with Crippen molar-refractivity contribution in [3.63, 3.8) is 0 Å². The van der Waals surface area contributed by atoms with Gasteiger partial charge in [0.15, 0.2) is 6.23 Å². The minimum atomic E-state index is 0.190. The molecule has 4 aliphatic heterocycles. The normalized spacial score (nSPS) is 39.8. The Bertz CT molecular complexity index is 546. The molecule has 4 heterocycles. The van der Waals surface area contributed by atoms with Gasteiger partial charge in [0, 0.05) is 5.54 Å². The summed E-state index contributed by atoms with van der Waals surface area (Å²) in [4.78, 5) is 5.39. The van der Waals surface area contributed by atoms with E-state index in [9.17, 15) is 0 Å². The van der Waals surface area contributed by atoms with Crippen molar-refractivity contribution in [1.82, 2.24) is 4.90 Å². The first kappa shape index (κ1) is 11.4. The molecule has 3 heteroatoms. The van der Waals surface area contributed by atoms with Crippen LogP contribution in [0.2, 0.25) is 0 Å². The van der Waals surface area contributed by atoms with Gasteiger partial charge in [-0.2, -0.15) is 0 Å². The first-order valence-corrected chi connectivity index (χ1v) is 8.09. The number of benzene rings is 1. The van der Waals surface area contributed by atoms with Crippen LogP contribution in [-0.2, 0) is 0 Å². The molecule has 3 saturated heterocycles. The van der Waals surface area contributed by atoms with Crippen LogP contribution in [0.3, 0.4) is 0 Å². The first-order valence-electron chi connectivity index (χ1n) is 8.09. The molecule has 0 amide bonds. The highest BCUT2D eigenvalue weighted by Gasteiger charge is 2.63. The lowest BCUT2D eigenvalue weighted by Crippen LogP contribution is -2.66. The van der Waals surface area contributed by atoms with Crippen molar-refractivity contribution in [3.8, 4) is 5.75 Å². The van der Waals surface area contributed by atoms with Crippen LogP contribution < -0.4 is 9.64 Å². The zero-order chi connectivity index (χ0) is 13.3. The van der Waals surface area contributed by atoms with Crippen LogP contribution in [0.4, 0.5) is 5.69 Å². The fourth-order valence-corrected chi connectivity index (χ4v) is 5.09. The van der Waals surface area contributed by atoms with Crippen LogP contribution in [0.1, 0.15) is 32.6 Å². The van der Waals surface area contributed by atoms with E-state index in [4.69, 9.17) is 4.74 Å². The molecule has 0 N–H and O–H groups in total. The fourth-order valence-electron chi connectivity index (χ4n) is 5.09. The Morgan fingerprint density at radius 1 is 1.15 bits per heavy atom. The molecule has 5 aliphatic rings. The van der Waals surface area contributed by atoms with E-state index >= 15 is 0 Å². The molecule has 1 saturated carbocycles. The van der Waals surface area contributed by atoms with Gasteiger partial charge in [0.25, 0.3) is 0 Å². The summed E-state index contributed by atoms with van der Waals surface area (Å²) in [6, 6.07) is 9.26. The van der Waals surface area contributed by atoms with Crippen LogP contribution in [0, 0.1) is 5.92 Å². The summed E-state index contributed by atoms with van der Waals surface area (Å²) in [6.07, 6.45) is 5.71. The van der Waals surface area contributed by atoms with E-state index in [-0.39, 0.29) is 6.23 Å². The van der Waals surface area contributed by atoms with E-state index in [0.29, 0.717) is 11.6 Å². The monoisotopic (exact) mass is 270 g/mol. The van der Waals surface area contributed by atoms with E-state index < -0.39 is 0 Å². The molecule has 1 aliphatic carbocycles. The molecule has 2 bridgehead atoms. The topological polar surface area (TPSA) is 15.7 Å². The third-order valence-corrected chi connectivity index (χ3v) is 6.06. The van der Waals surface area contributed by atoms with Gasteiger partial charge >= 0.3 is 0 Å². The molecule has 3 nitrogen and oxygen atoms in total. The molecular formula is C17H22N2O. The third kappa shape index (κ3) is 1.30. The fraction of sp³-hybridized carbons (Fsp3) is 0.647. The van der Waals surface area contributed by atoms with Gasteiger partial charge < -0.3 is 9.64 Å². The number of fused-ring (bicyclic) bond motifs is 3. The van der Waals surface area contributed by atoms with Gasteiger partial charge in [-0.1, -0.05) is 12.1 Å². The molecule has 1 unspecified atom stereocenters. The Kier molecular flexibility index (Phi) is 2.12. The summed E-state index contributed by atoms with van der Waals surface area (Å²) < 4.78 is 6.11. The highest BCUT2D eigenvalue weighted by molar-refractivity contribution is 5.64. The van der Waals surface area contributed by atoms with Gasteiger partial charge in [-0.05, 0) is 63.7 Å². The van der Waals surface area contributed by atoms with Crippen LogP contribution in [0.25, 0.3) is 0 Å². The van der Waals surface area contributed by atoms with Gasteiger partial charge in [0.2, 0.25) is 0 Å². The number of hydrogen-bond donors (Lipinski definition) is 0. The van der Waals surface area contributed by atoms with Crippen molar-refractivity contribution in [2.75, 3.05) is 18.0 Å². The Balaban J connectivity index is 1.60. The number of para-hydroxylation sites is 2. The summed E-state index contributed by atoms with van der Waals surface area (Å²) in [7, 11) is 0. The van der Waals surface area contributed by atoms with E-state index in [1.165, 1.54) is 44.5 Å². The molecule has 1 spiro atoms. The summed E-state index contributed by atoms with van der Waals surface area (Å²) in [5, 5.41) is 0. The number of nitrogens with zero attached hydrogens (tertiary/aromatic N) is 2. The first-order chi connectivity index (χ1) is 9.79. The minimum Gasteiger partial charge on any atom is -0.469 e. The standard InChI is InChI=1S/C17H22N2O/c1-12-19(14-4-2-3-5-15(14)20-12)16-13-6-10-18(11-7-13)17(16)8-9-17/h2-5,12-13,16H,6-11H2,1H3/t12-,16?/m0/s1. The quantitative estimate of drug-likeness (QED) is 0.780. The van der Waals surface area contributed by atoms with Crippen LogP contribution in [0.5, 0.6) is 5.75 Å². The van der Waals surface area contributed by atoms with Gasteiger partial charge in [-0.3, -0.25) is 4.90 Å². The van der Waals surface area contributed by atoms with E-state index in [1.807, 2.05) is 0 Å². The van der Waals surface area contributed by atoms with Gasteiger partial charge in [-0.15, -0.1) is 0 Å². The van der Waals surface area contributed by atoms with Crippen molar-refractivity contribution in [2.24, 2.45) is 5.92 Å². The lowest BCUT2D eigenvalue weighted by atomic mass is 9.75. The zero-order valence-corrected chi connectivity index (χ0v) is 12.1. The predicted octanol–water partition coefficient (Wildman–Crippen LogP) is 2.86. The van der Waals surface area contributed by atoms with Crippen LogP contribution >= 0.6 is 0 Å². The third-order valence-electron chi connectivity index (χ3n) is 6.06. The molecule has 1 aromatic rings. The molecule has 0 radical (unpaired) electrons. The van der Waals surface area contributed by atoms with E-state index in [2.05, 4.69) is 41.0 Å². The van der Waals surface area contributed by atoms with Crippen molar-refractivity contribution in [2.45, 2.75) is 50.4 Å². The smallest absolute Gasteiger partial charge is 0.170 e. The maximum atomic E-state index is 6.11. The maximum Gasteiger partial charge on any atom is 0.170 e. The summed E-state index contributed by atoms with van der Waals surface area (Å²) in [5.41, 5.74) is 1.81. The number of anilines is 1. The van der Waals surface area contributed by atoms with Crippen molar-refractivity contribution in [1.29, 1.82) is 0 Å². The Morgan fingerprint density at radius 2 is 1.90 bits per heavy atom. The highest BCUT2D eigenvalue weighted by atomic mass is 16.5. The number of piperidine rings is 3. The lowest BCUT2D eigenvalue weighted by Gasteiger charge is -2.55. The predicted molar refractivity (Wildman–Crippen MR) is 79.1 cm³/mol. The molecule has 6 rings (SSSR count). The zero-order valence-electron chi connectivity index (χ0n) is 12.1. The second kappa shape index (κ2) is 3.70. The molecule has 1 aromatic carbocycles. The van der Waals surface area contributed by atoms with Crippen LogP contribution in [0.15, 0.2) is 24.3 Å². The highest BCUT2D eigenvalue weighted by Crippen LogP contribution is 2.58. The van der Waals surface area contributed by atoms with Crippen molar-refractivity contribution in [3.05, 3.63) is 24.3 Å². The molecule has 2 atom stereocenters. The molecular weight excluding hydrogens is 248 g/mol. The van der Waals surface area contributed by atoms with Crippen molar-refractivity contribution < 1.29 is 4.74 Å². The van der Waals surface area contributed by atoms with Gasteiger partial charge in [0.1, 0.15) is 5.75 Å². The number of hydrogen-bond acceptors (Lipinski definition) is 3. The number of rotatable bonds is 1. The number of ether oxygens (including phenoxy) is 1. The molecule has 20 heavy (non-hydrogen) atoms. The van der Waals surface area contributed by atoms with Gasteiger partial charge in [-0.25, -0.2) is 0 Å². The summed E-state index contributed by atoms with van der Waals surface area (Å²) in [6.45, 7) is 4.87. The van der Waals surface area contributed by atoms with Crippen LogP contribution in [-0.4, -0.2) is 35.8 Å². The summed E-state index contributed by atoms with van der Waals surface area (Å²) >= 11 is 0. The Hall–Kier alpha value is -1.22. The van der Waals surface area contributed by atoms with Gasteiger partial charge in [0.05, 0.1) is 11.7 Å². The molecule has 4 fully saturated rings. The second-order valence-electron chi connectivity index (χ2n) is 6.97. The largest absolute Gasteiger partial charge is 0.469 e. The average Bonchev–Trinajstić information content (AvgIpc) is 3.18. The SMILES string of the molecule is C[C@@H]1Oc2ccccc2N1C1C2CCN(CC2)C12CC2. The minimum absolute atomic E-state index is 0.190. The Labute approximate surface area is 120 Å². The Morgan fingerprint density at radius 3 is 2.65 bits per heavy atom. The lowest BCUT2D eigenvalue weighted by molar-refractivity contribution is 0.000874.